The second-order valence-electron chi connectivity index (χ2n) is 6.93. The summed E-state index contributed by atoms with van der Waals surface area (Å²) < 4.78 is 2.01. The Kier molecular flexibility index (Phi) is 8.04. The van der Waals surface area contributed by atoms with Gasteiger partial charge in [-0.2, -0.15) is 0 Å². The molecule has 30 heavy (non-hydrogen) atoms. The second kappa shape index (κ2) is 10.9. The lowest BCUT2D eigenvalue weighted by atomic mass is 10.0. The number of guanidine groups is 1. The molecule has 2 aromatic heterocycles. The number of aromatic nitrogens is 3. The molecule has 0 aliphatic carbocycles. The first-order valence-corrected chi connectivity index (χ1v) is 10.8. The van der Waals surface area contributed by atoms with Crippen LogP contribution in [0.4, 0.5) is 0 Å². The fourth-order valence-electron chi connectivity index (χ4n) is 3.61. The number of aliphatic imine (C=N–C) groups is 1. The van der Waals surface area contributed by atoms with Crippen LogP contribution in [0.15, 0.2) is 53.7 Å². The monoisotopic (exact) mass is 427 g/mol. The number of nitrogens with zero attached hydrogens (tertiary/aromatic N) is 5. The van der Waals surface area contributed by atoms with E-state index in [9.17, 15) is 0 Å². The van der Waals surface area contributed by atoms with Gasteiger partial charge in [0.15, 0.2) is 11.6 Å². The molecule has 2 heterocycles. The molecule has 0 aliphatic heterocycles. The van der Waals surface area contributed by atoms with Gasteiger partial charge in [-0.05, 0) is 36.9 Å². The van der Waals surface area contributed by atoms with Crippen molar-refractivity contribution < 1.29 is 0 Å². The standard InChI is InChI=1S/C22H30ClN7/c1-4-29(5-2)19(17-10-6-7-11-18(17)23)16-26-22(24-3)25-14-13-21-28-27-20-12-8-9-15-30(20)21/h6-12,15,19H,4-5,13-14,16H2,1-3H3,(H2,24,25,26). The van der Waals surface area contributed by atoms with E-state index in [0.29, 0.717) is 13.1 Å². The van der Waals surface area contributed by atoms with Gasteiger partial charge in [0.2, 0.25) is 0 Å². The summed E-state index contributed by atoms with van der Waals surface area (Å²) in [5.74, 6) is 1.68. The highest BCUT2D eigenvalue weighted by Crippen LogP contribution is 2.26. The summed E-state index contributed by atoms with van der Waals surface area (Å²) in [6.45, 7) is 7.64. The molecule has 3 aromatic rings. The summed E-state index contributed by atoms with van der Waals surface area (Å²) in [6, 6.07) is 14.1. The van der Waals surface area contributed by atoms with Crippen LogP contribution in [0.5, 0.6) is 0 Å². The van der Waals surface area contributed by atoms with E-state index in [1.807, 2.05) is 47.0 Å². The van der Waals surface area contributed by atoms with E-state index >= 15 is 0 Å². The molecule has 0 fully saturated rings. The molecule has 1 aromatic carbocycles. The largest absolute Gasteiger partial charge is 0.356 e. The predicted molar refractivity (Wildman–Crippen MR) is 123 cm³/mol. The summed E-state index contributed by atoms with van der Waals surface area (Å²) in [7, 11) is 1.78. The summed E-state index contributed by atoms with van der Waals surface area (Å²) in [4.78, 5) is 6.76. The number of likely N-dealkylation sites (N-methyl/N-ethyl adjacent to an activating group) is 1. The Bertz CT molecular complexity index is 965. The van der Waals surface area contributed by atoms with Gasteiger partial charge < -0.3 is 10.6 Å². The number of hydrogen-bond acceptors (Lipinski definition) is 4. The van der Waals surface area contributed by atoms with Crippen LogP contribution in [-0.4, -0.2) is 58.7 Å². The number of benzene rings is 1. The predicted octanol–water partition coefficient (Wildman–Crippen LogP) is 3.17. The molecular weight excluding hydrogens is 398 g/mol. The van der Waals surface area contributed by atoms with Crippen LogP contribution in [0, 0.1) is 0 Å². The van der Waals surface area contributed by atoms with E-state index in [4.69, 9.17) is 11.6 Å². The van der Waals surface area contributed by atoms with Gasteiger partial charge in [0.1, 0.15) is 5.82 Å². The van der Waals surface area contributed by atoms with E-state index in [-0.39, 0.29) is 6.04 Å². The minimum atomic E-state index is 0.160. The van der Waals surface area contributed by atoms with Crippen molar-refractivity contribution >= 4 is 23.2 Å². The summed E-state index contributed by atoms with van der Waals surface area (Å²) in [6.07, 6.45) is 2.73. The van der Waals surface area contributed by atoms with E-state index in [1.165, 1.54) is 0 Å². The molecule has 0 bridgehead atoms. The zero-order valence-corrected chi connectivity index (χ0v) is 18.6. The van der Waals surface area contributed by atoms with Gasteiger partial charge >= 0.3 is 0 Å². The summed E-state index contributed by atoms with van der Waals surface area (Å²) >= 11 is 6.50. The van der Waals surface area contributed by atoms with Gasteiger partial charge in [-0.15, -0.1) is 10.2 Å². The number of pyridine rings is 1. The SMILES string of the molecule is CCN(CC)C(CNC(=NC)NCCc1nnc2ccccn12)c1ccccc1Cl. The second-order valence-corrected chi connectivity index (χ2v) is 7.34. The molecule has 0 aliphatic rings. The van der Waals surface area contributed by atoms with Crippen molar-refractivity contribution in [1.82, 2.24) is 30.1 Å². The highest BCUT2D eigenvalue weighted by molar-refractivity contribution is 6.31. The number of nitrogens with one attached hydrogen (secondary N) is 2. The zero-order chi connectivity index (χ0) is 21.3. The average molecular weight is 428 g/mol. The van der Waals surface area contributed by atoms with Gasteiger partial charge in [0.05, 0.1) is 6.04 Å². The molecule has 160 valence electrons. The first-order chi connectivity index (χ1) is 14.7. The molecule has 1 atom stereocenters. The van der Waals surface area contributed by atoms with Crippen LogP contribution in [0.2, 0.25) is 5.02 Å². The molecule has 7 nitrogen and oxygen atoms in total. The molecule has 0 spiro atoms. The molecule has 1 unspecified atom stereocenters. The highest BCUT2D eigenvalue weighted by Gasteiger charge is 2.20. The Hall–Kier alpha value is -2.64. The Morgan fingerprint density at radius 3 is 2.60 bits per heavy atom. The first kappa shape index (κ1) is 22.1. The van der Waals surface area contributed by atoms with Crippen molar-refractivity contribution in [2.45, 2.75) is 26.3 Å². The molecule has 0 amide bonds. The van der Waals surface area contributed by atoms with Crippen molar-refractivity contribution in [1.29, 1.82) is 0 Å². The van der Waals surface area contributed by atoms with Crippen LogP contribution in [0.1, 0.15) is 31.3 Å². The molecule has 0 radical (unpaired) electrons. The third kappa shape index (κ3) is 5.29. The lowest BCUT2D eigenvalue weighted by Gasteiger charge is -2.31. The normalized spacial score (nSPS) is 13.0. The Morgan fingerprint density at radius 1 is 1.10 bits per heavy atom. The van der Waals surface area contributed by atoms with Crippen LogP contribution in [0.3, 0.4) is 0 Å². The topological polar surface area (TPSA) is 69.8 Å². The van der Waals surface area contributed by atoms with Gasteiger partial charge in [0.25, 0.3) is 0 Å². The minimum absolute atomic E-state index is 0.160. The number of fused-ring (bicyclic) bond motifs is 1. The van der Waals surface area contributed by atoms with Crippen LogP contribution in [0.25, 0.3) is 5.65 Å². The Balaban J connectivity index is 1.60. The minimum Gasteiger partial charge on any atom is -0.356 e. The fourth-order valence-corrected chi connectivity index (χ4v) is 3.88. The third-order valence-corrected chi connectivity index (χ3v) is 5.57. The van der Waals surface area contributed by atoms with E-state index in [1.54, 1.807) is 7.05 Å². The van der Waals surface area contributed by atoms with Crippen molar-refractivity contribution in [3.63, 3.8) is 0 Å². The maximum absolute atomic E-state index is 6.50. The highest BCUT2D eigenvalue weighted by atomic mass is 35.5. The lowest BCUT2D eigenvalue weighted by Crippen LogP contribution is -2.43. The number of halogens is 1. The summed E-state index contributed by atoms with van der Waals surface area (Å²) in [5, 5.41) is 16.1. The zero-order valence-electron chi connectivity index (χ0n) is 17.8. The smallest absolute Gasteiger partial charge is 0.191 e. The third-order valence-electron chi connectivity index (χ3n) is 5.23. The van der Waals surface area contributed by atoms with Crippen LogP contribution in [-0.2, 0) is 6.42 Å². The maximum atomic E-state index is 6.50. The van der Waals surface area contributed by atoms with Crippen molar-refractivity contribution in [2.24, 2.45) is 4.99 Å². The van der Waals surface area contributed by atoms with Gasteiger partial charge in [-0.25, -0.2) is 0 Å². The molecule has 2 N–H and O–H groups in total. The lowest BCUT2D eigenvalue weighted by molar-refractivity contribution is 0.219. The first-order valence-electron chi connectivity index (χ1n) is 10.4. The fraction of sp³-hybridized carbons (Fsp3) is 0.409. The van der Waals surface area contributed by atoms with Gasteiger partial charge in [0, 0.05) is 37.8 Å². The van der Waals surface area contributed by atoms with Crippen LogP contribution < -0.4 is 10.6 Å². The van der Waals surface area contributed by atoms with E-state index < -0.39 is 0 Å². The molecule has 8 heteroatoms. The average Bonchev–Trinajstić information content (AvgIpc) is 3.19. The van der Waals surface area contributed by atoms with E-state index in [0.717, 1.165) is 47.5 Å². The Labute approximate surface area is 183 Å². The van der Waals surface area contributed by atoms with Gasteiger partial charge in [-0.1, -0.05) is 49.7 Å². The molecule has 0 saturated heterocycles. The van der Waals surface area contributed by atoms with Crippen molar-refractivity contribution in [3.8, 4) is 0 Å². The van der Waals surface area contributed by atoms with Crippen LogP contribution >= 0.6 is 11.6 Å². The maximum Gasteiger partial charge on any atom is 0.191 e. The quantitative estimate of drug-likeness (QED) is 0.405. The van der Waals surface area contributed by atoms with E-state index in [2.05, 4.69) is 50.6 Å². The number of rotatable bonds is 9. The Morgan fingerprint density at radius 2 is 1.87 bits per heavy atom. The molecule has 3 rings (SSSR count). The molecule has 0 saturated carbocycles. The molecular formula is C22H30ClN7. The number of hydrogen-bond donors (Lipinski definition) is 2. The summed E-state index contributed by atoms with van der Waals surface area (Å²) in [5.41, 5.74) is 1.98. The van der Waals surface area contributed by atoms with Crippen molar-refractivity contribution in [2.75, 3.05) is 33.2 Å². The van der Waals surface area contributed by atoms with Gasteiger partial charge in [-0.3, -0.25) is 14.3 Å². The van der Waals surface area contributed by atoms with Crippen molar-refractivity contribution in [3.05, 3.63) is 65.1 Å².